The van der Waals surface area contributed by atoms with Crippen LogP contribution in [0.3, 0.4) is 0 Å². The van der Waals surface area contributed by atoms with E-state index >= 15 is 0 Å². The van der Waals surface area contributed by atoms with Crippen LogP contribution in [0.15, 0.2) is 47.1 Å². The highest BCUT2D eigenvalue weighted by Gasteiger charge is 2.15. The Kier molecular flexibility index (Phi) is 13.4. The van der Waals surface area contributed by atoms with Crippen molar-refractivity contribution >= 4 is 15.9 Å². The molecule has 11 heteroatoms. The molecule has 6 nitrogen and oxygen atoms in total. The van der Waals surface area contributed by atoms with Crippen LogP contribution in [0, 0.1) is 35.1 Å². The van der Waals surface area contributed by atoms with Gasteiger partial charge in [0.2, 0.25) is 0 Å². The van der Waals surface area contributed by atoms with Gasteiger partial charge in [-0.3, -0.25) is 0 Å². The number of halogens is 5. The van der Waals surface area contributed by atoms with Crippen molar-refractivity contribution in [3.8, 4) is 11.3 Å². The summed E-state index contributed by atoms with van der Waals surface area (Å²) < 4.78 is 54.1. The van der Waals surface area contributed by atoms with Crippen molar-refractivity contribution in [2.24, 2.45) is 11.8 Å². The molecule has 0 aliphatic rings. The molecule has 0 saturated heterocycles. The molecule has 0 unspecified atom stereocenters. The lowest BCUT2D eigenvalue weighted by atomic mass is 10.1. The summed E-state index contributed by atoms with van der Waals surface area (Å²) in [6.07, 6.45) is 0. The Hall–Kier alpha value is -2.44. The first kappa shape index (κ1) is 32.8. The summed E-state index contributed by atoms with van der Waals surface area (Å²) in [6.45, 7) is 8.29. The van der Waals surface area contributed by atoms with Crippen LogP contribution in [0.2, 0.25) is 0 Å². The van der Waals surface area contributed by atoms with Gasteiger partial charge in [0.05, 0.1) is 30.3 Å². The molecule has 0 spiro atoms. The summed E-state index contributed by atoms with van der Waals surface area (Å²) in [5.74, 6) is -2.29. The van der Waals surface area contributed by atoms with E-state index < -0.39 is 17.5 Å². The Morgan fingerprint density at radius 3 is 1.67 bits per heavy atom. The third-order valence-electron chi connectivity index (χ3n) is 6.08. The molecular formula is C28H35BrF4N4O2. The van der Waals surface area contributed by atoms with E-state index in [4.69, 9.17) is 5.11 Å². The van der Waals surface area contributed by atoms with Crippen molar-refractivity contribution in [2.75, 3.05) is 13.2 Å². The molecule has 0 saturated carbocycles. The number of rotatable bonds is 11. The largest absolute Gasteiger partial charge is 0.395 e. The molecule has 3 aromatic rings. The molecule has 2 aromatic heterocycles. The van der Waals surface area contributed by atoms with Gasteiger partial charge in [-0.15, -0.1) is 0 Å². The predicted molar refractivity (Wildman–Crippen MR) is 147 cm³/mol. The predicted octanol–water partition coefficient (Wildman–Crippen LogP) is 5.36. The van der Waals surface area contributed by atoms with Crippen molar-refractivity contribution in [2.45, 2.75) is 52.9 Å². The van der Waals surface area contributed by atoms with E-state index in [1.54, 1.807) is 6.07 Å². The Labute approximate surface area is 235 Å². The minimum Gasteiger partial charge on any atom is -0.395 e. The van der Waals surface area contributed by atoms with Crippen LogP contribution >= 0.6 is 15.9 Å². The molecule has 0 aliphatic carbocycles. The number of hydrogen-bond donors (Lipinski definition) is 4. The van der Waals surface area contributed by atoms with E-state index in [2.05, 4.69) is 36.5 Å². The maximum absolute atomic E-state index is 13.9. The van der Waals surface area contributed by atoms with Crippen LogP contribution in [0.25, 0.3) is 11.3 Å². The SMILES string of the molecule is CC(C)[C@H](CO)NCc1nc(-c2ccc(F)c(F)c2)ccc1F.CC(C)[C@H](CO)NCc1nc(Br)ccc1F. The number of nitrogens with one attached hydrogen (secondary N) is 2. The van der Waals surface area contributed by atoms with Gasteiger partial charge in [0.1, 0.15) is 16.2 Å². The maximum Gasteiger partial charge on any atom is 0.159 e. The monoisotopic (exact) mass is 614 g/mol. The second-order valence-electron chi connectivity index (χ2n) is 9.64. The minimum atomic E-state index is -0.978. The first-order valence-corrected chi connectivity index (χ1v) is 13.4. The zero-order valence-electron chi connectivity index (χ0n) is 22.4. The molecule has 0 fully saturated rings. The summed E-state index contributed by atoms with van der Waals surface area (Å²) in [4.78, 5) is 8.21. The standard InChI is InChI=1S/C17H19F3N2O.C11H16BrFN2O/c1-10(2)17(9-23)21-8-16-13(19)5-6-15(22-16)11-3-4-12(18)14(20)7-11;1-7(2)10(6-16)14-5-9-8(13)3-4-11(12)15-9/h3-7,10,17,21,23H,8-9H2,1-2H3;3-4,7,10,14,16H,5-6H2,1-2H3/t17-;10-/m00/s1. The molecule has 4 N–H and O–H groups in total. The van der Waals surface area contributed by atoms with Crippen molar-refractivity contribution in [3.63, 3.8) is 0 Å². The lowest BCUT2D eigenvalue weighted by Gasteiger charge is -2.20. The van der Waals surface area contributed by atoms with Crippen molar-refractivity contribution in [1.29, 1.82) is 0 Å². The van der Waals surface area contributed by atoms with Crippen LogP contribution < -0.4 is 10.6 Å². The van der Waals surface area contributed by atoms with Crippen LogP contribution in [-0.4, -0.2) is 45.5 Å². The van der Waals surface area contributed by atoms with E-state index in [-0.39, 0.29) is 49.3 Å². The van der Waals surface area contributed by atoms with Gasteiger partial charge in [0, 0.05) is 30.7 Å². The van der Waals surface area contributed by atoms with Gasteiger partial charge in [0.15, 0.2) is 11.6 Å². The molecule has 0 radical (unpaired) electrons. The van der Waals surface area contributed by atoms with Crippen LogP contribution in [0.5, 0.6) is 0 Å². The molecule has 0 bridgehead atoms. The Balaban J connectivity index is 0.000000293. The average molecular weight is 616 g/mol. The topological polar surface area (TPSA) is 90.3 Å². The van der Waals surface area contributed by atoms with E-state index in [0.717, 1.165) is 12.1 Å². The fraction of sp³-hybridized carbons (Fsp3) is 0.429. The highest BCUT2D eigenvalue weighted by molar-refractivity contribution is 9.10. The lowest BCUT2D eigenvalue weighted by molar-refractivity contribution is 0.209. The summed E-state index contributed by atoms with van der Waals surface area (Å²) in [5, 5.41) is 24.5. The zero-order chi connectivity index (χ0) is 29.1. The van der Waals surface area contributed by atoms with Gasteiger partial charge in [0.25, 0.3) is 0 Å². The maximum atomic E-state index is 13.9. The van der Waals surface area contributed by atoms with Crippen LogP contribution in [-0.2, 0) is 13.1 Å². The molecule has 0 amide bonds. The average Bonchev–Trinajstić information content (AvgIpc) is 2.89. The highest BCUT2D eigenvalue weighted by Crippen LogP contribution is 2.21. The van der Waals surface area contributed by atoms with Crippen molar-refractivity contribution in [1.82, 2.24) is 20.6 Å². The second kappa shape index (κ2) is 16.0. The third kappa shape index (κ3) is 10.2. The lowest BCUT2D eigenvalue weighted by Crippen LogP contribution is -2.36. The molecule has 1 aromatic carbocycles. The minimum absolute atomic E-state index is 0.0350. The molecule has 2 heterocycles. The highest BCUT2D eigenvalue weighted by atomic mass is 79.9. The van der Waals surface area contributed by atoms with Crippen LogP contribution in [0.4, 0.5) is 17.6 Å². The number of aliphatic hydroxyl groups is 2. The summed E-state index contributed by atoms with van der Waals surface area (Å²) in [6, 6.07) is 8.79. The quantitative estimate of drug-likeness (QED) is 0.172. The fourth-order valence-electron chi connectivity index (χ4n) is 3.48. The molecule has 0 aliphatic heterocycles. The Bertz CT molecular complexity index is 1200. The third-order valence-corrected chi connectivity index (χ3v) is 6.53. The van der Waals surface area contributed by atoms with Gasteiger partial charge >= 0.3 is 0 Å². The summed E-state index contributed by atoms with van der Waals surface area (Å²) in [5.41, 5.74) is 1.24. The molecule has 214 valence electrons. The van der Waals surface area contributed by atoms with E-state index in [0.29, 0.717) is 34.0 Å². The Morgan fingerprint density at radius 2 is 1.18 bits per heavy atom. The Morgan fingerprint density at radius 1 is 0.692 bits per heavy atom. The van der Waals surface area contributed by atoms with Gasteiger partial charge in [-0.2, -0.15) is 0 Å². The van der Waals surface area contributed by atoms with E-state index in [1.165, 1.54) is 24.3 Å². The first-order valence-electron chi connectivity index (χ1n) is 12.6. The zero-order valence-corrected chi connectivity index (χ0v) is 23.9. The number of hydrogen-bond acceptors (Lipinski definition) is 6. The second-order valence-corrected chi connectivity index (χ2v) is 10.5. The smallest absolute Gasteiger partial charge is 0.159 e. The summed E-state index contributed by atoms with van der Waals surface area (Å²) >= 11 is 3.19. The molecular weight excluding hydrogens is 580 g/mol. The molecule has 2 atom stereocenters. The number of nitrogens with zero attached hydrogens (tertiary/aromatic N) is 2. The summed E-state index contributed by atoms with van der Waals surface area (Å²) in [7, 11) is 0. The number of pyridine rings is 2. The first-order chi connectivity index (χ1) is 18.5. The van der Waals surface area contributed by atoms with Gasteiger partial charge in [-0.05, 0) is 70.2 Å². The number of benzene rings is 1. The van der Waals surface area contributed by atoms with Crippen molar-refractivity contribution in [3.05, 3.63) is 81.7 Å². The molecule has 39 heavy (non-hydrogen) atoms. The van der Waals surface area contributed by atoms with Crippen LogP contribution in [0.1, 0.15) is 39.1 Å². The van der Waals surface area contributed by atoms with Gasteiger partial charge in [-0.1, -0.05) is 27.7 Å². The van der Waals surface area contributed by atoms with E-state index in [1.807, 2.05) is 27.7 Å². The normalized spacial score (nSPS) is 12.8. The fourth-order valence-corrected chi connectivity index (χ4v) is 3.83. The number of aromatic nitrogens is 2. The number of aliphatic hydroxyl groups excluding tert-OH is 2. The van der Waals surface area contributed by atoms with E-state index in [9.17, 15) is 22.7 Å². The molecule has 3 rings (SSSR count). The van der Waals surface area contributed by atoms with Gasteiger partial charge < -0.3 is 20.8 Å². The van der Waals surface area contributed by atoms with Crippen molar-refractivity contribution < 1.29 is 27.8 Å². The van der Waals surface area contributed by atoms with Gasteiger partial charge in [-0.25, -0.2) is 27.5 Å².